The van der Waals surface area contributed by atoms with Crippen molar-refractivity contribution in [2.45, 2.75) is 12.6 Å². The number of rotatable bonds is 5. The maximum absolute atomic E-state index is 11.8. The van der Waals surface area contributed by atoms with Gasteiger partial charge in [-0.15, -0.1) is 0 Å². The van der Waals surface area contributed by atoms with E-state index in [0.717, 1.165) is 5.56 Å². The molecule has 130 valence electrons. The summed E-state index contributed by atoms with van der Waals surface area (Å²) in [5, 5.41) is 14.9. The van der Waals surface area contributed by atoms with Gasteiger partial charge in [-0.2, -0.15) is 0 Å². The van der Waals surface area contributed by atoms with Crippen molar-refractivity contribution in [3.05, 3.63) is 59.7 Å². The number of ether oxygens (including phenoxy) is 2. The highest BCUT2D eigenvalue weighted by Gasteiger charge is 2.17. The molecular formula is C18H18N2O5. The monoisotopic (exact) mass is 342 g/mol. The van der Waals surface area contributed by atoms with E-state index in [0.29, 0.717) is 17.1 Å². The summed E-state index contributed by atoms with van der Waals surface area (Å²) in [5.74, 6) is -0.293. The number of carbonyl (C=O) groups is 2. The van der Waals surface area contributed by atoms with Crippen molar-refractivity contribution in [1.82, 2.24) is 10.6 Å². The van der Waals surface area contributed by atoms with Crippen LogP contribution in [0.15, 0.2) is 48.5 Å². The van der Waals surface area contributed by atoms with Gasteiger partial charge in [0.05, 0.1) is 6.10 Å². The van der Waals surface area contributed by atoms with E-state index in [-0.39, 0.29) is 19.9 Å². The van der Waals surface area contributed by atoms with E-state index in [1.165, 1.54) is 0 Å². The molecule has 0 radical (unpaired) electrons. The van der Waals surface area contributed by atoms with Gasteiger partial charge in [0.25, 0.3) is 0 Å². The fourth-order valence-electron chi connectivity index (χ4n) is 2.38. The van der Waals surface area contributed by atoms with Crippen molar-refractivity contribution >= 4 is 11.8 Å². The minimum atomic E-state index is -0.869. The number of carbonyl (C=O) groups excluding carboxylic acids is 2. The Hall–Kier alpha value is -3.06. The molecule has 0 saturated carbocycles. The smallest absolute Gasteiger partial charge is 0.309 e. The first kappa shape index (κ1) is 16.8. The van der Waals surface area contributed by atoms with Crippen LogP contribution in [0.5, 0.6) is 11.5 Å². The van der Waals surface area contributed by atoms with Crippen molar-refractivity contribution < 1.29 is 24.2 Å². The van der Waals surface area contributed by atoms with Gasteiger partial charge in [0.15, 0.2) is 11.5 Å². The Morgan fingerprint density at radius 3 is 2.52 bits per heavy atom. The van der Waals surface area contributed by atoms with Gasteiger partial charge in [0.1, 0.15) is 0 Å². The molecule has 0 aromatic heterocycles. The van der Waals surface area contributed by atoms with E-state index in [1.54, 1.807) is 42.5 Å². The lowest BCUT2D eigenvalue weighted by atomic mass is 10.1. The lowest BCUT2D eigenvalue weighted by Crippen LogP contribution is -2.41. The van der Waals surface area contributed by atoms with Crippen LogP contribution in [0.3, 0.4) is 0 Å². The molecule has 25 heavy (non-hydrogen) atoms. The van der Waals surface area contributed by atoms with E-state index in [4.69, 9.17) is 9.47 Å². The van der Waals surface area contributed by atoms with Crippen molar-refractivity contribution in [2.75, 3.05) is 13.3 Å². The Kier molecular flexibility index (Phi) is 5.15. The summed E-state index contributed by atoms with van der Waals surface area (Å²) in [7, 11) is 0. The second-order valence-electron chi connectivity index (χ2n) is 5.51. The molecule has 2 aromatic rings. The summed E-state index contributed by atoms with van der Waals surface area (Å²) < 4.78 is 10.5. The zero-order valence-corrected chi connectivity index (χ0v) is 13.4. The van der Waals surface area contributed by atoms with Crippen LogP contribution in [0.4, 0.5) is 0 Å². The third-order valence-corrected chi connectivity index (χ3v) is 3.74. The predicted octanol–water partition coefficient (Wildman–Crippen LogP) is 0.881. The topological polar surface area (TPSA) is 96.9 Å². The Labute approximate surface area is 144 Å². The van der Waals surface area contributed by atoms with Crippen LogP contribution in [0.2, 0.25) is 0 Å². The lowest BCUT2D eigenvalue weighted by molar-refractivity contribution is -0.139. The number of benzene rings is 2. The minimum Gasteiger partial charge on any atom is -0.454 e. The highest BCUT2D eigenvalue weighted by Crippen LogP contribution is 2.32. The maximum atomic E-state index is 11.8. The number of amides is 2. The molecule has 3 N–H and O–H groups in total. The van der Waals surface area contributed by atoms with Crippen molar-refractivity contribution in [1.29, 1.82) is 0 Å². The molecule has 1 atom stereocenters. The zero-order valence-electron chi connectivity index (χ0n) is 13.4. The number of hydrogen-bond acceptors (Lipinski definition) is 5. The van der Waals surface area contributed by atoms with Gasteiger partial charge in [-0.1, -0.05) is 36.4 Å². The van der Waals surface area contributed by atoms with E-state index < -0.39 is 17.9 Å². The highest BCUT2D eigenvalue weighted by atomic mass is 16.7. The van der Waals surface area contributed by atoms with E-state index >= 15 is 0 Å². The van der Waals surface area contributed by atoms with Crippen LogP contribution in [-0.2, 0) is 16.1 Å². The van der Waals surface area contributed by atoms with E-state index in [9.17, 15) is 14.7 Å². The van der Waals surface area contributed by atoms with Crippen LogP contribution in [0, 0.1) is 0 Å². The third-order valence-electron chi connectivity index (χ3n) is 3.74. The highest BCUT2D eigenvalue weighted by molar-refractivity contribution is 6.35. The first-order valence-electron chi connectivity index (χ1n) is 7.81. The molecule has 3 rings (SSSR count). The SMILES string of the molecule is O=C(NCc1ccc2c(c1)OCO2)C(=O)NC[C@H](O)c1ccccc1. The average Bonchev–Trinajstić information content (AvgIpc) is 3.12. The second-order valence-corrected chi connectivity index (χ2v) is 5.51. The van der Waals surface area contributed by atoms with Crippen LogP contribution in [0.25, 0.3) is 0 Å². The largest absolute Gasteiger partial charge is 0.454 e. The first-order valence-corrected chi connectivity index (χ1v) is 7.81. The van der Waals surface area contributed by atoms with Crippen molar-refractivity contribution in [3.63, 3.8) is 0 Å². The van der Waals surface area contributed by atoms with E-state index in [1.807, 2.05) is 6.07 Å². The van der Waals surface area contributed by atoms with Crippen molar-refractivity contribution in [3.8, 4) is 11.5 Å². The number of fused-ring (bicyclic) bond motifs is 1. The van der Waals surface area contributed by atoms with E-state index in [2.05, 4.69) is 10.6 Å². The number of hydrogen-bond donors (Lipinski definition) is 3. The molecule has 0 unspecified atom stereocenters. The van der Waals surface area contributed by atoms with Gasteiger partial charge in [-0.3, -0.25) is 9.59 Å². The molecule has 0 aliphatic carbocycles. The second kappa shape index (κ2) is 7.67. The molecule has 0 saturated heterocycles. The molecule has 1 aliphatic heterocycles. The van der Waals surface area contributed by atoms with Gasteiger partial charge in [-0.25, -0.2) is 0 Å². The van der Waals surface area contributed by atoms with Gasteiger partial charge < -0.3 is 25.2 Å². The number of nitrogens with one attached hydrogen (secondary N) is 2. The minimum absolute atomic E-state index is 0.0414. The summed E-state index contributed by atoms with van der Waals surface area (Å²) >= 11 is 0. The standard InChI is InChI=1S/C18H18N2O5/c21-14(13-4-2-1-3-5-13)10-20-18(23)17(22)19-9-12-6-7-15-16(8-12)25-11-24-15/h1-8,14,21H,9-11H2,(H,19,22)(H,20,23)/t14-/m0/s1. The fourth-order valence-corrected chi connectivity index (χ4v) is 2.38. The third kappa shape index (κ3) is 4.27. The van der Waals surface area contributed by atoms with Gasteiger partial charge in [-0.05, 0) is 23.3 Å². The predicted molar refractivity (Wildman–Crippen MR) is 88.8 cm³/mol. The summed E-state index contributed by atoms with van der Waals surface area (Å²) in [6.45, 7) is 0.321. The lowest BCUT2D eigenvalue weighted by Gasteiger charge is -2.12. The van der Waals surface area contributed by atoms with Crippen LogP contribution >= 0.6 is 0 Å². The van der Waals surface area contributed by atoms with Gasteiger partial charge in [0.2, 0.25) is 6.79 Å². The number of aliphatic hydroxyl groups is 1. The molecule has 2 amide bonds. The molecule has 0 bridgehead atoms. The Morgan fingerprint density at radius 2 is 1.72 bits per heavy atom. The average molecular weight is 342 g/mol. The van der Waals surface area contributed by atoms with Gasteiger partial charge >= 0.3 is 11.8 Å². The quantitative estimate of drug-likeness (QED) is 0.701. The molecular weight excluding hydrogens is 324 g/mol. The van der Waals surface area contributed by atoms with Crippen LogP contribution < -0.4 is 20.1 Å². The van der Waals surface area contributed by atoms with Crippen LogP contribution in [-0.4, -0.2) is 30.3 Å². The molecule has 1 aliphatic rings. The summed E-state index contributed by atoms with van der Waals surface area (Å²) in [5.41, 5.74) is 1.46. The Balaban J connectivity index is 1.45. The Morgan fingerprint density at radius 1 is 1.00 bits per heavy atom. The first-order chi connectivity index (χ1) is 12.1. The molecule has 0 spiro atoms. The summed E-state index contributed by atoms with van der Waals surface area (Å²) in [6, 6.07) is 14.2. The van der Waals surface area contributed by atoms with Crippen molar-refractivity contribution in [2.24, 2.45) is 0 Å². The molecule has 7 heteroatoms. The molecule has 0 fully saturated rings. The number of aliphatic hydroxyl groups excluding tert-OH is 1. The normalized spacial score (nSPS) is 13.2. The Bertz CT molecular complexity index is 763. The summed E-state index contributed by atoms with van der Waals surface area (Å²) in [4.78, 5) is 23.6. The fraction of sp³-hybridized carbons (Fsp3) is 0.222. The molecule has 1 heterocycles. The molecule has 2 aromatic carbocycles. The maximum Gasteiger partial charge on any atom is 0.309 e. The zero-order chi connectivity index (χ0) is 17.6. The summed E-state index contributed by atoms with van der Waals surface area (Å²) in [6.07, 6.45) is -0.869. The van der Waals surface area contributed by atoms with Gasteiger partial charge in [0, 0.05) is 13.1 Å². The van der Waals surface area contributed by atoms with Crippen LogP contribution in [0.1, 0.15) is 17.2 Å². The molecule has 7 nitrogen and oxygen atoms in total.